The fraction of sp³-hybridized carbons (Fsp3) is 0.333. The summed E-state index contributed by atoms with van der Waals surface area (Å²) in [5, 5.41) is 8.69. The number of benzene rings is 1. The Balaban J connectivity index is 2.31. The topological polar surface area (TPSA) is 75.2 Å². The van der Waals surface area contributed by atoms with Gasteiger partial charge in [-0.15, -0.1) is 0 Å². The number of ether oxygens (including phenoxy) is 1. The van der Waals surface area contributed by atoms with E-state index in [-0.39, 0.29) is 6.42 Å². The molecule has 0 aliphatic carbocycles. The second-order valence-electron chi connectivity index (χ2n) is 3.68. The number of H-pyrrole nitrogens is 1. The average Bonchev–Trinajstić information content (AvgIpc) is 2.69. The Labute approximate surface area is 98.4 Å². The average molecular weight is 234 g/mol. The first kappa shape index (κ1) is 11.4. The fourth-order valence-electron chi connectivity index (χ4n) is 1.72. The molecule has 0 unspecified atom stereocenters. The molecule has 90 valence electrons. The highest BCUT2D eigenvalue weighted by atomic mass is 16.5. The van der Waals surface area contributed by atoms with E-state index < -0.39 is 5.97 Å². The summed E-state index contributed by atoms with van der Waals surface area (Å²) < 4.78 is 5.29. The lowest BCUT2D eigenvalue weighted by Crippen LogP contribution is -1.98. The molecule has 0 saturated heterocycles. The number of aliphatic carboxylic acids is 1. The molecule has 2 aromatic rings. The molecule has 1 aromatic carbocycles. The minimum Gasteiger partial charge on any atom is -0.481 e. The van der Waals surface area contributed by atoms with Gasteiger partial charge in [-0.25, -0.2) is 0 Å². The number of aromatic nitrogens is 2. The number of hydrogen-bond acceptors (Lipinski definition) is 3. The van der Waals surface area contributed by atoms with Crippen molar-refractivity contribution in [3.8, 4) is 6.01 Å². The SMILES string of the molecule is CCOc1nc2cccc(CCC(=O)O)c2[nH]1. The first-order valence-electron chi connectivity index (χ1n) is 5.53. The number of nitrogens with zero attached hydrogens (tertiary/aromatic N) is 1. The van der Waals surface area contributed by atoms with E-state index in [1.54, 1.807) is 0 Å². The first-order valence-corrected chi connectivity index (χ1v) is 5.53. The molecule has 2 rings (SSSR count). The van der Waals surface area contributed by atoms with Crippen molar-refractivity contribution in [1.82, 2.24) is 9.97 Å². The zero-order valence-corrected chi connectivity index (χ0v) is 9.56. The zero-order valence-electron chi connectivity index (χ0n) is 9.56. The van der Waals surface area contributed by atoms with E-state index in [9.17, 15) is 4.79 Å². The summed E-state index contributed by atoms with van der Waals surface area (Å²) in [5.74, 6) is -0.799. The van der Waals surface area contributed by atoms with Gasteiger partial charge in [0.25, 0.3) is 6.01 Å². The van der Waals surface area contributed by atoms with Crippen molar-refractivity contribution in [3.05, 3.63) is 23.8 Å². The van der Waals surface area contributed by atoms with Crippen LogP contribution in [0.1, 0.15) is 18.9 Å². The minimum atomic E-state index is -0.799. The van der Waals surface area contributed by atoms with Crippen LogP contribution in [0.15, 0.2) is 18.2 Å². The summed E-state index contributed by atoms with van der Waals surface area (Å²) in [7, 11) is 0. The number of hydrogen-bond donors (Lipinski definition) is 2. The van der Waals surface area contributed by atoms with Gasteiger partial charge < -0.3 is 14.8 Å². The van der Waals surface area contributed by atoms with Gasteiger partial charge in [-0.2, -0.15) is 4.98 Å². The van der Waals surface area contributed by atoms with Crippen LogP contribution in [0.4, 0.5) is 0 Å². The van der Waals surface area contributed by atoms with E-state index in [1.807, 2.05) is 25.1 Å². The second-order valence-corrected chi connectivity index (χ2v) is 3.68. The lowest BCUT2D eigenvalue weighted by molar-refractivity contribution is -0.136. The predicted octanol–water partition coefficient (Wildman–Crippen LogP) is 1.98. The van der Waals surface area contributed by atoms with E-state index in [2.05, 4.69) is 9.97 Å². The number of para-hydroxylation sites is 1. The molecule has 1 aromatic heterocycles. The molecule has 5 nitrogen and oxygen atoms in total. The summed E-state index contributed by atoms with van der Waals surface area (Å²) in [6, 6.07) is 6.12. The van der Waals surface area contributed by atoms with Gasteiger partial charge >= 0.3 is 5.97 Å². The van der Waals surface area contributed by atoms with Crippen molar-refractivity contribution in [1.29, 1.82) is 0 Å². The van der Waals surface area contributed by atoms with E-state index in [1.165, 1.54) is 0 Å². The number of rotatable bonds is 5. The van der Waals surface area contributed by atoms with Crippen molar-refractivity contribution < 1.29 is 14.6 Å². The number of aromatic amines is 1. The lowest BCUT2D eigenvalue weighted by atomic mass is 10.1. The van der Waals surface area contributed by atoms with Crippen LogP contribution >= 0.6 is 0 Å². The molecule has 0 saturated carbocycles. The number of carboxylic acids is 1. The highest BCUT2D eigenvalue weighted by Gasteiger charge is 2.08. The molecule has 0 aliphatic heterocycles. The maximum Gasteiger partial charge on any atom is 0.303 e. The van der Waals surface area contributed by atoms with Gasteiger partial charge in [-0.1, -0.05) is 12.1 Å². The summed E-state index contributed by atoms with van der Waals surface area (Å²) in [5.41, 5.74) is 2.61. The van der Waals surface area contributed by atoms with Gasteiger partial charge in [0, 0.05) is 6.42 Å². The Morgan fingerprint density at radius 1 is 1.53 bits per heavy atom. The molecule has 2 N–H and O–H groups in total. The molecule has 0 amide bonds. The van der Waals surface area contributed by atoms with Crippen LogP contribution in [0.3, 0.4) is 0 Å². The Morgan fingerprint density at radius 3 is 3.06 bits per heavy atom. The number of nitrogens with one attached hydrogen (secondary N) is 1. The van der Waals surface area contributed by atoms with Crippen molar-refractivity contribution >= 4 is 17.0 Å². The van der Waals surface area contributed by atoms with Crippen LogP contribution in [0.25, 0.3) is 11.0 Å². The van der Waals surface area contributed by atoms with Gasteiger partial charge in [0.15, 0.2) is 0 Å². The molecule has 0 fully saturated rings. The van der Waals surface area contributed by atoms with E-state index in [4.69, 9.17) is 9.84 Å². The van der Waals surface area contributed by atoms with Crippen molar-refractivity contribution in [2.45, 2.75) is 19.8 Å². The number of carboxylic acid groups (broad SMARTS) is 1. The van der Waals surface area contributed by atoms with Crippen molar-refractivity contribution in [2.75, 3.05) is 6.61 Å². The maximum atomic E-state index is 10.6. The number of imidazole rings is 1. The monoisotopic (exact) mass is 234 g/mol. The Morgan fingerprint density at radius 2 is 2.35 bits per heavy atom. The van der Waals surface area contributed by atoms with Crippen LogP contribution in [-0.2, 0) is 11.2 Å². The van der Waals surface area contributed by atoms with Crippen LogP contribution < -0.4 is 4.74 Å². The van der Waals surface area contributed by atoms with E-state index in [0.29, 0.717) is 19.0 Å². The smallest absolute Gasteiger partial charge is 0.303 e. The summed E-state index contributed by atoms with van der Waals surface area (Å²) in [6.07, 6.45) is 0.600. The lowest BCUT2D eigenvalue weighted by Gasteiger charge is -1.99. The van der Waals surface area contributed by atoms with Crippen LogP contribution in [0, 0.1) is 0 Å². The van der Waals surface area contributed by atoms with E-state index >= 15 is 0 Å². The molecule has 0 radical (unpaired) electrons. The molecular formula is C12H14N2O3. The molecule has 1 heterocycles. The molecule has 5 heteroatoms. The fourth-order valence-corrected chi connectivity index (χ4v) is 1.72. The Hall–Kier alpha value is -2.04. The van der Waals surface area contributed by atoms with Crippen LogP contribution in [0.5, 0.6) is 6.01 Å². The van der Waals surface area contributed by atoms with Crippen LogP contribution in [-0.4, -0.2) is 27.7 Å². The number of fused-ring (bicyclic) bond motifs is 1. The normalized spacial score (nSPS) is 10.6. The predicted molar refractivity (Wildman–Crippen MR) is 63.2 cm³/mol. The molecule has 0 atom stereocenters. The Kier molecular flexibility index (Phi) is 3.27. The summed E-state index contributed by atoms with van der Waals surface area (Å²) in [4.78, 5) is 17.9. The minimum absolute atomic E-state index is 0.113. The van der Waals surface area contributed by atoms with Crippen molar-refractivity contribution in [2.24, 2.45) is 0 Å². The molecule has 17 heavy (non-hydrogen) atoms. The van der Waals surface area contributed by atoms with Gasteiger partial charge in [0.2, 0.25) is 0 Å². The highest BCUT2D eigenvalue weighted by molar-refractivity contribution is 5.80. The Bertz CT molecular complexity index is 534. The van der Waals surface area contributed by atoms with Gasteiger partial charge in [-0.3, -0.25) is 4.79 Å². The number of carbonyl (C=O) groups is 1. The zero-order chi connectivity index (χ0) is 12.3. The van der Waals surface area contributed by atoms with Gasteiger partial charge in [0.1, 0.15) is 0 Å². The number of aryl methyl sites for hydroxylation is 1. The largest absolute Gasteiger partial charge is 0.481 e. The van der Waals surface area contributed by atoms with Gasteiger partial charge in [-0.05, 0) is 25.0 Å². The summed E-state index contributed by atoms with van der Waals surface area (Å²) >= 11 is 0. The highest BCUT2D eigenvalue weighted by Crippen LogP contribution is 2.20. The molecule has 0 bridgehead atoms. The van der Waals surface area contributed by atoms with E-state index in [0.717, 1.165) is 16.6 Å². The van der Waals surface area contributed by atoms with Crippen LogP contribution in [0.2, 0.25) is 0 Å². The molecular weight excluding hydrogens is 220 g/mol. The first-order chi connectivity index (χ1) is 8.20. The quantitative estimate of drug-likeness (QED) is 0.829. The maximum absolute atomic E-state index is 10.6. The molecule has 0 spiro atoms. The third kappa shape index (κ3) is 2.55. The van der Waals surface area contributed by atoms with Gasteiger partial charge in [0.05, 0.1) is 17.6 Å². The molecule has 0 aliphatic rings. The second kappa shape index (κ2) is 4.86. The third-order valence-electron chi connectivity index (χ3n) is 2.47. The van der Waals surface area contributed by atoms with Crippen molar-refractivity contribution in [3.63, 3.8) is 0 Å². The standard InChI is InChI=1S/C12H14N2O3/c1-2-17-12-13-9-5-3-4-8(11(9)14-12)6-7-10(15)16/h3-5H,2,6-7H2,1H3,(H,13,14)(H,15,16). The summed E-state index contributed by atoms with van der Waals surface area (Å²) in [6.45, 7) is 2.43. The third-order valence-corrected chi connectivity index (χ3v) is 2.47.